The second-order valence-electron chi connectivity index (χ2n) is 7.84. The molecule has 0 bridgehead atoms. The third-order valence-corrected chi connectivity index (χ3v) is 6.41. The van der Waals surface area contributed by atoms with Crippen LogP contribution in [-0.2, 0) is 4.79 Å². The summed E-state index contributed by atoms with van der Waals surface area (Å²) in [5.41, 5.74) is -1.88. The number of alkyl halides is 9. The molecule has 0 aliphatic heterocycles. The molecule has 40 heavy (non-hydrogen) atoms. The van der Waals surface area contributed by atoms with Crippen LogP contribution in [0.1, 0.15) is 27.4 Å². The number of allylic oxidation sites excluding steroid dienone is 1. The highest BCUT2D eigenvalue weighted by Gasteiger charge is 2.57. The molecule has 17 heteroatoms. The van der Waals surface area contributed by atoms with Crippen molar-refractivity contribution >= 4 is 64.3 Å². The summed E-state index contributed by atoms with van der Waals surface area (Å²) in [6.45, 7) is 2.94. The van der Waals surface area contributed by atoms with Gasteiger partial charge in [-0.25, -0.2) is 0 Å². The Bertz CT molecular complexity index is 1300. The van der Waals surface area contributed by atoms with Crippen LogP contribution in [0.15, 0.2) is 48.7 Å². The Labute approximate surface area is 239 Å². The van der Waals surface area contributed by atoms with E-state index in [1.54, 1.807) is 5.32 Å². The molecule has 0 fully saturated rings. The fourth-order valence-corrected chi connectivity index (χ4v) is 3.91. The molecule has 1 atom stereocenters. The van der Waals surface area contributed by atoms with E-state index in [1.165, 1.54) is 0 Å². The van der Waals surface area contributed by atoms with E-state index in [9.17, 15) is 49.1 Å². The molecule has 0 saturated heterocycles. The number of hydrogen-bond donors (Lipinski definition) is 2. The number of carbonyl (C=O) groups is 2. The van der Waals surface area contributed by atoms with E-state index in [2.05, 4.69) is 6.58 Å². The van der Waals surface area contributed by atoms with Crippen molar-refractivity contribution in [3.05, 3.63) is 85.5 Å². The standard InChI is InChI=1S/C23H13Cl4F9N2O2/c1-9(18(39)38-20(22(31,32)33)23(34,35)36)37-19(40)12-4-2-10(6-14(12)24)3-5-13(21(28,29)30)11-7-15(25)17(27)16(26)8-11/h2-8,13,20H,1H2,(H,37,40)(H,38,39). The van der Waals surface area contributed by atoms with E-state index in [1.807, 2.05) is 0 Å². The molecule has 0 spiro atoms. The SMILES string of the molecule is C=C(NC(=O)c1ccc(C=CC(c2cc(Cl)c(Cl)c(Cl)c2)C(F)(F)F)cc1Cl)C(=O)NC(C(F)(F)F)C(F)(F)F. The number of rotatable bonds is 7. The van der Waals surface area contributed by atoms with Crippen LogP contribution in [0.4, 0.5) is 39.5 Å². The minimum absolute atomic E-state index is 0.0525. The number of nitrogens with one attached hydrogen (secondary N) is 2. The minimum Gasteiger partial charge on any atom is -0.332 e. The molecule has 0 heterocycles. The average Bonchev–Trinajstić information content (AvgIpc) is 2.78. The smallest absolute Gasteiger partial charge is 0.332 e. The Morgan fingerprint density at radius 2 is 1.32 bits per heavy atom. The van der Waals surface area contributed by atoms with Crippen LogP contribution in [0.2, 0.25) is 20.1 Å². The van der Waals surface area contributed by atoms with Crippen LogP contribution in [0.25, 0.3) is 6.08 Å². The van der Waals surface area contributed by atoms with Gasteiger partial charge in [0.15, 0.2) is 0 Å². The first-order valence-electron chi connectivity index (χ1n) is 10.3. The van der Waals surface area contributed by atoms with E-state index in [0.29, 0.717) is 5.32 Å². The summed E-state index contributed by atoms with van der Waals surface area (Å²) in [5.74, 6) is -5.43. The molecule has 2 aromatic carbocycles. The van der Waals surface area contributed by atoms with Gasteiger partial charge in [-0.15, -0.1) is 0 Å². The maximum atomic E-state index is 13.7. The number of carbonyl (C=O) groups excluding carboxylic acids is 2. The van der Waals surface area contributed by atoms with Gasteiger partial charge >= 0.3 is 18.5 Å². The lowest BCUT2D eigenvalue weighted by molar-refractivity contribution is -0.257. The van der Waals surface area contributed by atoms with Crippen molar-refractivity contribution in [2.45, 2.75) is 30.5 Å². The zero-order valence-corrected chi connectivity index (χ0v) is 22.2. The van der Waals surface area contributed by atoms with Crippen molar-refractivity contribution in [3.8, 4) is 0 Å². The highest BCUT2D eigenvalue weighted by atomic mass is 35.5. The van der Waals surface area contributed by atoms with Crippen molar-refractivity contribution < 1.29 is 49.1 Å². The Balaban J connectivity index is 2.22. The van der Waals surface area contributed by atoms with Crippen molar-refractivity contribution in [1.29, 1.82) is 0 Å². The van der Waals surface area contributed by atoms with E-state index < -0.39 is 58.6 Å². The Kier molecular flexibility index (Phi) is 10.5. The fraction of sp³-hybridized carbons (Fsp3) is 0.217. The van der Waals surface area contributed by atoms with Gasteiger partial charge in [-0.2, -0.15) is 39.5 Å². The number of halogens is 13. The quantitative estimate of drug-likeness (QED) is 0.178. The van der Waals surface area contributed by atoms with E-state index in [0.717, 1.165) is 42.5 Å². The van der Waals surface area contributed by atoms with Gasteiger partial charge in [-0.3, -0.25) is 9.59 Å². The molecule has 218 valence electrons. The van der Waals surface area contributed by atoms with Gasteiger partial charge in [-0.1, -0.05) is 71.2 Å². The first-order chi connectivity index (χ1) is 18.1. The minimum atomic E-state index is -5.89. The third-order valence-electron chi connectivity index (χ3n) is 4.91. The molecule has 0 saturated carbocycles. The lowest BCUT2D eigenvalue weighted by Gasteiger charge is -2.24. The van der Waals surface area contributed by atoms with Gasteiger partial charge in [0.1, 0.15) is 0 Å². The molecule has 2 amide bonds. The fourth-order valence-electron chi connectivity index (χ4n) is 3.02. The summed E-state index contributed by atoms with van der Waals surface area (Å²) in [4.78, 5) is 24.1. The van der Waals surface area contributed by atoms with Gasteiger partial charge in [0.2, 0.25) is 6.04 Å². The van der Waals surface area contributed by atoms with Gasteiger partial charge in [0.25, 0.3) is 11.8 Å². The van der Waals surface area contributed by atoms with Crippen LogP contribution in [0.3, 0.4) is 0 Å². The Hall–Kier alpha value is -2.61. The van der Waals surface area contributed by atoms with Gasteiger partial charge in [0, 0.05) is 0 Å². The normalized spacial score (nSPS) is 13.4. The van der Waals surface area contributed by atoms with Crippen LogP contribution < -0.4 is 10.6 Å². The van der Waals surface area contributed by atoms with E-state index in [-0.39, 0.29) is 26.2 Å². The maximum Gasteiger partial charge on any atom is 0.417 e. The van der Waals surface area contributed by atoms with Crippen molar-refractivity contribution in [2.75, 3.05) is 0 Å². The molecule has 2 rings (SSSR count). The summed E-state index contributed by atoms with van der Waals surface area (Å²) in [5, 5.41) is 1.42. The second kappa shape index (κ2) is 12.5. The first kappa shape index (κ1) is 33.6. The summed E-state index contributed by atoms with van der Waals surface area (Å²) in [6, 6.07) is 0.875. The van der Waals surface area contributed by atoms with Crippen LogP contribution >= 0.6 is 46.4 Å². The zero-order valence-electron chi connectivity index (χ0n) is 19.1. The Morgan fingerprint density at radius 1 is 0.800 bits per heavy atom. The lowest BCUT2D eigenvalue weighted by atomic mass is 9.97. The van der Waals surface area contributed by atoms with Gasteiger partial charge < -0.3 is 10.6 Å². The monoisotopic (exact) mass is 660 g/mol. The Morgan fingerprint density at radius 3 is 1.77 bits per heavy atom. The summed E-state index contributed by atoms with van der Waals surface area (Å²) in [7, 11) is 0. The molecule has 0 aliphatic carbocycles. The second-order valence-corrected chi connectivity index (χ2v) is 9.44. The average molecular weight is 662 g/mol. The predicted octanol–water partition coefficient (Wildman–Crippen LogP) is 8.51. The summed E-state index contributed by atoms with van der Waals surface area (Å²) < 4.78 is 117. The topological polar surface area (TPSA) is 58.2 Å². The predicted molar refractivity (Wildman–Crippen MR) is 131 cm³/mol. The number of hydrogen-bond acceptors (Lipinski definition) is 2. The molecular formula is C23H13Cl4F9N2O2. The summed E-state index contributed by atoms with van der Waals surface area (Å²) in [6.07, 6.45) is -14.8. The van der Waals surface area contributed by atoms with Gasteiger partial charge in [-0.05, 0) is 35.4 Å². The molecule has 0 aliphatic rings. The summed E-state index contributed by atoms with van der Waals surface area (Å²) >= 11 is 23.4. The zero-order chi connectivity index (χ0) is 30.8. The van der Waals surface area contributed by atoms with Crippen LogP contribution in [0, 0.1) is 0 Å². The highest BCUT2D eigenvalue weighted by Crippen LogP contribution is 2.41. The molecule has 2 aromatic rings. The van der Waals surface area contributed by atoms with Crippen molar-refractivity contribution in [2.24, 2.45) is 0 Å². The molecule has 1 unspecified atom stereocenters. The largest absolute Gasteiger partial charge is 0.417 e. The molecule has 0 radical (unpaired) electrons. The number of amides is 2. The lowest BCUT2D eigenvalue weighted by Crippen LogP contribution is -2.55. The first-order valence-corrected chi connectivity index (χ1v) is 11.8. The molecular weight excluding hydrogens is 649 g/mol. The van der Waals surface area contributed by atoms with Gasteiger partial charge in [0.05, 0.1) is 37.3 Å². The molecule has 2 N–H and O–H groups in total. The molecule has 4 nitrogen and oxygen atoms in total. The van der Waals surface area contributed by atoms with E-state index in [4.69, 9.17) is 46.4 Å². The van der Waals surface area contributed by atoms with Crippen molar-refractivity contribution in [1.82, 2.24) is 10.6 Å². The highest BCUT2D eigenvalue weighted by molar-refractivity contribution is 6.48. The third kappa shape index (κ3) is 8.69. The van der Waals surface area contributed by atoms with Crippen LogP contribution in [0.5, 0.6) is 0 Å². The maximum absolute atomic E-state index is 13.7. The van der Waals surface area contributed by atoms with Crippen LogP contribution in [-0.4, -0.2) is 36.4 Å². The van der Waals surface area contributed by atoms with E-state index >= 15 is 0 Å². The number of benzene rings is 2. The molecule has 0 aromatic heterocycles. The van der Waals surface area contributed by atoms with Crippen molar-refractivity contribution in [3.63, 3.8) is 0 Å².